The number of nitrogens with one attached hydrogen (secondary N) is 1. The Balaban J connectivity index is 1.92. The molecule has 0 fully saturated rings. The number of rotatable bonds is 2. The zero-order chi connectivity index (χ0) is 14.9. The number of imidazole rings is 1. The van der Waals surface area contributed by atoms with E-state index in [1.54, 1.807) is 30.7 Å². The summed E-state index contributed by atoms with van der Waals surface area (Å²) >= 11 is 0. The van der Waals surface area contributed by atoms with Crippen LogP contribution in [-0.2, 0) is 6.18 Å². The monoisotopic (exact) mass is 290 g/mol. The van der Waals surface area contributed by atoms with Gasteiger partial charge in [-0.1, -0.05) is 6.07 Å². The van der Waals surface area contributed by atoms with Crippen molar-refractivity contribution in [2.45, 2.75) is 6.18 Å². The van der Waals surface area contributed by atoms with Gasteiger partial charge in [-0.05, 0) is 24.3 Å². The van der Waals surface area contributed by atoms with Crippen LogP contribution in [0, 0.1) is 0 Å². The highest BCUT2D eigenvalue weighted by atomic mass is 19.4. The van der Waals surface area contributed by atoms with E-state index in [4.69, 9.17) is 0 Å². The Bertz CT molecular complexity index is 791. The number of benzene rings is 1. The maximum Gasteiger partial charge on any atom is 0.449 e. The van der Waals surface area contributed by atoms with E-state index in [1.807, 2.05) is 6.07 Å². The minimum Gasteiger partial charge on any atom is -0.334 e. The van der Waals surface area contributed by atoms with Crippen molar-refractivity contribution >= 4 is 22.9 Å². The minimum absolute atomic E-state index is 0.252. The third kappa shape index (κ3) is 2.91. The van der Waals surface area contributed by atoms with Gasteiger partial charge in [-0.25, -0.2) is 4.98 Å². The van der Waals surface area contributed by atoms with Crippen LogP contribution in [0.5, 0.6) is 0 Å². The van der Waals surface area contributed by atoms with Gasteiger partial charge in [-0.3, -0.25) is 9.98 Å². The molecule has 0 spiro atoms. The van der Waals surface area contributed by atoms with Gasteiger partial charge in [0.05, 0.1) is 16.7 Å². The smallest absolute Gasteiger partial charge is 0.334 e. The van der Waals surface area contributed by atoms with Crippen LogP contribution in [-0.4, -0.2) is 21.2 Å². The molecule has 0 atom stereocenters. The molecule has 0 bridgehead atoms. The summed E-state index contributed by atoms with van der Waals surface area (Å²) in [6.45, 7) is 0. The molecule has 2 aromatic heterocycles. The van der Waals surface area contributed by atoms with Gasteiger partial charge in [-0.15, -0.1) is 0 Å². The molecule has 4 nitrogen and oxygen atoms in total. The number of halogens is 3. The predicted octanol–water partition coefficient (Wildman–Crippen LogP) is 3.73. The Labute approximate surface area is 117 Å². The molecule has 1 N–H and O–H groups in total. The number of alkyl halides is 3. The van der Waals surface area contributed by atoms with Crippen LogP contribution in [0.25, 0.3) is 11.0 Å². The Morgan fingerprint density at radius 3 is 2.76 bits per heavy atom. The van der Waals surface area contributed by atoms with Crippen molar-refractivity contribution in [1.82, 2.24) is 15.0 Å². The fourth-order valence-electron chi connectivity index (χ4n) is 1.81. The normalized spacial score (nSPS) is 12.3. The van der Waals surface area contributed by atoms with E-state index in [-0.39, 0.29) is 5.52 Å². The SMILES string of the molecule is FC(F)(F)c1nc2ccc(N=Cc3cccnc3)cc2[nH]1. The molecule has 106 valence electrons. The van der Waals surface area contributed by atoms with Crippen LogP contribution in [0.2, 0.25) is 0 Å². The van der Waals surface area contributed by atoms with Crippen molar-refractivity contribution in [3.8, 4) is 0 Å². The number of aliphatic imine (C=N–C) groups is 1. The molecule has 3 rings (SSSR count). The largest absolute Gasteiger partial charge is 0.449 e. The third-order valence-electron chi connectivity index (χ3n) is 2.78. The molecule has 0 radical (unpaired) electrons. The van der Waals surface area contributed by atoms with Gasteiger partial charge in [-0.2, -0.15) is 13.2 Å². The summed E-state index contributed by atoms with van der Waals surface area (Å²) in [4.78, 5) is 13.9. The van der Waals surface area contributed by atoms with Crippen LogP contribution < -0.4 is 0 Å². The number of H-pyrrole nitrogens is 1. The second-order valence-corrected chi connectivity index (χ2v) is 4.33. The predicted molar refractivity (Wildman–Crippen MR) is 72.6 cm³/mol. The summed E-state index contributed by atoms with van der Waals surface area (Å²) in [5.74, 6) is -1.01. The number of pyridine rings is 1. The Morgan fingerprint density at radius 2 is 2.05 bits per heavy atom. The zero-order valence-corrected chi connectivity index (χ0v) is 10.6. The van der Waals surface area contributed by atoms with Crippen LogP contribution in [0.3, 0.4) is 0 Å². The van der Waals surface area contributed by atoms with Gasteiger partial charge in [0, 0.05) is 24.2 Å². The molecule has 21 heavy (non-hydrogen) atoms. The van der Waals surface area contributed by atoms with Crippen molar-refractivity contribution in [2.24, 2.45) is 4.99 Å². The van der Waals surface area contributed by atoms with Crippen LogP contribution in [0.4, 0.5) is 18.9 Å². The van der Waals surface area contributed by atoms with Gasteiger partial charge in [0.25, 0.3) is 0 Å². The average Bonchev–Trinajstić information content (AvgIpc) is 2.89. The van der Waals surface area contributed by atoms with Crippen LogP contribution >= 0.6 is 0 Å². The first-order chi connectivity index (χ1) is 10.0. The molecule has 7 heteroatoms. The summed E-state index contributed by atoms with van der Waals surface area (Å²) in [5, 5.41) is 0. The summed E-state index contributed by atoms with van der Waals surface area (Å²) in [6.07, 6.45) is 0.389. The van der Waals surface area contributed by atoms with Crippen molar-refractivity contribution in [3.63, 3.8) is 0 Å². The second-order valence-electron chi connectivity index (χ2n) is 4.33. The number of aromatic nitrogens is 3. The molecule has 0 aliphatic rings. The average molecular weight is 290 g/mol. The van der Waals surface area contributed by atoms with Gasteiger partial charge in [0.2, 0.25) is 5.82 Å². The highest BCUT2D eigenvalue weighted by Gasteiger charge is 2.34. The van der Waals surface area contributed by atoms with E-state index in [9.17, 15) is 13.2 Å². The minimum atomic E-state index is -4.49. The second kappa shape index (κ2) is 5.01. The Hall–Kier alpha value is -2.70. The highest BCUT2D eigenvalue weighted by molar-refractivity contribution is 5.84. The maximum atomic E-state index is 12.6. The molecule has 0 aliphatic carbocycles. The molecule has 0 amide bonds. The molecule has 0 saturated heterocycles. The molecule has 2 heterocycles. The number of fused-ring (bicyclic) bond motifs is 1. The topological polar surface area (TPSA) is 53.9 Å². The lowest BCUT2D eigenvalue weighted by Gasteiger charge is -1.99. The first-order valence-electron chi connectivity index (χ1n) is 6.03. The van der Waals surface area contributed by atoms with Crippen molar-refractivity contribution < 1.29 is 13.2 Å². The van der Waals surface area contributed by atoms with E-state index in [1.165, 1.54) is 12.1 Å². The van der Waals surface area contributed by atoms with Gasteiger partial charge in [0.15, 0.2) is 0 Å². The first kappa shape index (κ1) is 13.3. The number of hydrogen-bond donors (Lipinski definition) is 1. The number of aromatic amines is 1. The van der Waals surface area contributed by atoms with Gasteiger partial charge >= 0.3 is 6.18 Å². The van der Waals surface area contributed by atoms with Crippen molar-refractivity contribution in [3.05, 3.63) is 54.1 Å². The fourth-order valence-corrected chi connectivity index (χ4v) is 1.81. The summed E-state index contributed by atoms with van der Waals surface area (Å²) in [5.41, 5.74) is 1.88. The van der Waals surface area contributed by atoms with E-state index >= 15 is 0 Å². The number of hydrogen-bond acceptors (Lipinski definition) is 3. The molecule has 0 saturated carbocycles. The zero-order valence-electron chi connectivity index (χ0n) is 10.6. The van der Waals surface area contributed by atoms with E-state index in [0.717, 1.165) is 5.56 Å². The first-order valence-corrected chi connectivity index (χ1v) is 6.03. The summed E-state index contributed by atoms with van der Waals surface area (Å²) < 4.78 is 37.7. The molecular formula is C14H9F3N4. The molecule has 3 aromatic rings. The standard InChI is InChI=1S/C14H9F3N4/c15-14(16,17)13-20-11-4-3-10(6-12(11)21-13)19-8-9-2-1-5-18-7-9/h1-8H,(H,20,21). The molecule has 0 aliphatic heterocycles. The third-order valence-corrected chi connectivity index (χ3v) is 2.78. The van der Waals surface area contributed by atoms with Crippen LogP contribution in [0.1, 0.15) is 11.4 Å². The summed E-state index contributed by atoms with van der Waals surface area (Å²) in [7, 11) is 0. The molecule has 0 unspecified atom stereocenters. The van der Waals surface area contributed by atoms with Crippen molar-refractivity contribution in [1.29, 1.82) is 0 Å². The fraction of sp³-hybridized carbons (Fsp3) is 0.0714. The maximum absolute atomic E-state index is 12.6. The van der Waals surface area contributed by atoms with Crippen LogP contribution in [0.15, 0.2) is 47.7 Å². The quantitative estimate of drug-likeness (QED) is 0.731. The summed E-state index contributed by atoms with van der Waals surface area (Å²) in [6, 6.07) is 8.22. The lowest BCUT2D eigenvalue weighted by molar-refractivity contribution is -0.144. The lowest BCUT2D eigenvalue weighted by Crippen LogP contribution is -2.06. The van der Waals surface area contributed by atoms with E-state index < -0.39 is 12.0 Å². The Kier molecular flexibility index (Phi) is 3.17. The van der Waals surface area contributed by atoms with E-state index in [2.05, 4.69) is 19.9 Å². The highest BCUT2D eigenvalue weighted by Crippen LogP contribution is 2.29. The van der Waals surface area contributed by atoms with Gasteiger partial charge in [0.1, 0.15) is 0 Å². The molecule has 1 aromatic carbocycles. The van der Waals surface area contributed by atoms with E-state index in [0.29, 0.717) is 11.2 Å². The lowest BCUT2D eigenvalue weighted by atomic mass is 10.2. The Morgan fingerprint density at radius 1 is 1.19 bits per heavy atom. The van der Waals surface area contributed by atoms with Gasteiger partial charge < -0.3 is 4.98 Å². The number of nitrogens with zero attached hydrogens (tertiary/aromatic N) is 3. The molecular weight excluding hydrogens is 281 g/mol. The van der Waals surface area contributed by atoms with Crippen molar-refractivity contribution in [2.75, 3.05) is 0 Å².